The van der Waals surface area contributed by atoms with Crippen molar-refractivity contribution >= 4 is 39.1 Å². The van der Waals surface area contributed by atoms with Gasteiger partial charge in [-0.15, -0.1) is 0 Å². The van der Waals surface area contributed by atoms with E-state index in [0.717, 1.165) is 6.07 Å². The van der Waals surface area contributed by atoms with Gasteiger partial charge in [0.15, 0.2) is 11.5 Å². The fraction of sp³-hybridized carbons (Fsp3) is 0.167. The molecule has 0 spiro atoms. The van der Waals surface area contributed by atoms with Crippen LogP contribution >= 0.6 is 27.5 Å². The van der Waals surface area contributed by atoms with Crippen LogP contribution in [0.2, 0.25) is 5.02 Å². The summed E-state index contributed by atoms with van der Waals surface area (Å²) < 4.78 is 23.2. The molecular formula is C12H9BrClFN2O3. The van der Waals surface area contributed by atoms with Gasteiger partial charge >= 0.3 is 0 Å². The van der Waals surface area contributed by atoms with Crippen molar-refractivity contribution < 1.29 is 18.4 Å². The maximum absolute atomic E-state index is 13.1. The number of rotatable bonds is 4. The van der Waals surface area contributed by atoms with Crippen LogP contribution in [0, 0.1) is 5.82 Å². The summed E-state index contributed by atoms with van der Waals surface area (Å²) in [5.74, 6) is -0.615. The maximum atomic E-state index is 13.1. The molecular weight excluding hydrogens is 354 g/mol. The van der Waals surface area contributed by atoms with Gasteiger partial charge < -0.3 is 14.6 Å². The summed E-state index contributed by atoms with van der Waals surface area (Å²) in [6, 6.07) is 3.74. The molecule has 20 heavy (non-hydrogen) atoms. The number of halogens is 3. The molecule has 1 heterocycles. The summed E-state index contributed by atoms with van der Waals surface area (Å²) in [5.41, 5.74) is 0.332. The average molecular weight is 364 g/mol. The predicted molar refractivity (Wildman–Crippen MR) is 74.3 cm³/mol. The first kappa shape index (κ1) is 15.0. The van der Waals surface area contributed by atoms with Gasteiger partial charge in [-0.05, 0) is 28.1 Å². The van der Waals surface area contributed by atoms with Gasteiger partial charge in [0.25, 0.3) is 5.91 Å². The van der Waals surface area contributed by atoms with E-state index in [1.807, 2.05) is 0 Å². The Balaban J connectivity index is 2.19. The van der Waals surface area contributed by atoms with Crippen molar-refractivity contribution in [1.29, 1.82) is 0 Å². The zero-order valence-electron chi connectivity index (χ0n) is 10.2. The minimum atomic E-state index is -0.523. The van der Waals surface area contributed by atoms with Crippen molar-refractivity contribution in [3.63, 3.8) is 0 Å². The molecule has 0 aliphatic carbocycles. The number of aromatic nitrogens is 1. The topological polar surface area (TPSA) is 64.4 Å². The molecule has 1 aromatic heterocycles. The van der Waals surface area contributed by atoms with Crippen LogP contribution in [0.1, 0.15) is 16.2 Å². The first-order valence-electron chi connectivity index (χ1n) is 5.41. The number of ether oxygens (including phenoxy) is 1. The second-order valence-electron chi connectivity index (χ2n) is 3.81. The molecule has 1 aromatic carbocycles. The minimum Gasteiger partial charge on any atom is -0.377 e. The van der Waals surface area contributed by atoms with Crippen molar-refractivity contribution in [1.82, 2.24) is 5.16 Å². The van der Waals surface area contributed by atoms with E-state index in [4.69, 9.17) is 20.9 Å². The Hall–Kier alpha value is -1.44. The molecule has 0 atom stereocenters. The summed E-state index contributed by atoms with van der Waals surface area (Å²) in [4.78, 5) is 12.0. The van der Waals surface area contributed by atoms with Gasteiger partial charge in [-0.2, -0.15) is 0 Å². The van der Waals surface area contributed by atoms with Crippen molar-refractivity contribution in [3.8, 4) is 0 Å². The summed E-state index contributed by atoms with van der Waals surface area (Å²) in [7, 11) is 1.50. The van der Waals surface area contributed by atoms with Gasteiger partial charge in [0, 0.05) is 17.6 Å². The molecule has 2 aromatic rings. The summed E-state index contributed by atoms with van der Waals surface area (Å²) in [6.07, 6.45) is 0. The highest BCUT2D eigenvalue weighted by Gasteiger charge is 2.16. The quantitative estimate of drug-likeness (QED) is 0.901. The van der Waals surface area contributed by atoms with Crippen LogP contribution in [0.4, 0.5) is 10.1 Å². The molecule has 5 nitrogen and oxygen atoms in total. The summed E-state index contributed by atoms with van der Waals surface area (Å²) in [6.45, 7) is 0.210. The van der Waals surface area contributed by atoms with Crippen LogP contribution in [-0.4, -0.2) is 18.2 Å². The number of hydrogen-bond acceptors (Lipinski definition) is 4. The zero-order valence-corrected chi connectivity index (χ0v) is 12.6. The van der Waals surface area contributed by atoms with E-state index >= 15 is 0 Å². The van der Waals surface area contributed by atoms with Gasteiger partial charge in [0.2, 0.25) is 0 Å². The first-order chi connectivity index (χ1) is 9.51. The van der Waals surface area contributed by atoms with Crippen LogP contribution < -0.4 is 5.32 Å². The fourth-order valence-corrected chi connectivity index (χ4v) is 2.37. The lowest BCUT2D eigenvalue weighted by atomic mass is 10.3. The first-order valence-corrected chi connectivity index (χ1v) is 6.58. The Morgan fingerprint density at radius 1 is 1.55 bits per heavy atom. The maximum Gasteiger partial charge on any atom is 0.277 e. The minimum absolute atomic E-state index is 0.0735. The molecule has 0 aliphatic rings. The monoisotopic (exact) mass is 362 g/mol. The number of nitrogens with one attached hydrogen (secondary N) is 1. The van der Waals surface area contributed by atoms with Gasteiger partial charge in [0.1, 0.15) is 12.4 Å². The molecule has 0 bridgehead atoms. The lowest BCUT2D eigenvalue weighted by Gasteiger charge is -2.08. The van der Waals surface area contributed by atoms with Crippen molar-refractivity contribution in [2.75, 3.05) is 12.4 Å². The number of nitrogens with zero attached hydrogens (tertiary/aromatic N) is 1. The molecule has 0 fully saturated rings. The van der Waals surface area contributed by atoms with Gasteiger partial charge in [-0.1, -0.05) is 16.8 Å². The van der Waals surface area contributed by atoms with Gasteiger partial charge in [-0.25, -0.2) is 4.39 Å². The van der Waals surface area contributed by atoms with Gasteiger partial charge in [-0.3, -0.25) is 4.79 Å². The highest BCUT2D eigenvalue weighted by Crippen LogP contribution is 2.32. The van der Waals surface area contributed by atoms with Crippen LogP contribution in [0.15, 0.2) is 27.2 Å². The van der Waals surface area contributed by atoms with E-state index in [0.29, 0.717) is 10.2 Å². The average Bonchev–Trinajstić information content (AvgIpc) is 2.82. The molecule has 0 unspecified atom stereocenters. The van der Waals surface area contributed by atoms with E-state index < -0.39 is 11.7 Å². The molecule has 0 aliphatic heterocycles. The molecule has 1 amide bonds. The number of carbonyl (C=O) groups is 1. The third kappa shape index (κ3) is 3.36. The fourth-order valence-electron chi connectivity index (χ4n) is 1.47. The third-order valence-corrected chi connectivity index (χ3v) is 3.25. The Morgan fingerprint density at radius 2 is 2.30 bits per heavy atom. The smallest absolute Gasteiger partial charge is 0.277 e. The van der Waals surface area contributed by atoms with Crippen LogP contribution in [0.25, 0.3) is 0 Å². The Labute approximate surface area is 127 Å². The van der Waals surface area contributed by atoms with Crippen molar-refractivity contribution in [2.24, 2.45) is 0 Å². The number of amides is 1. The number of carbonyl (C=O) groups excluding carboxylic acids is 1. The van der Waals surface area contributed by atoms with E-state index in [1.54, 1.807) is 0 Å². The highest BCUT2D eigenvalue weighted by molar-refractivity contribution is 9.10. The summed E-state index contributed by atoms with van der Waals surface area (Å²) >= 11 is 9.00. The molecule has 0 saturated carbocycles. The Bertz CT molecular complexity index is 624. The molecule has 106 valence electrons. The standard InChI is InChI=1S/C12H9BrClFN2O3/c1-19-5-7-4-10(17-20-7)12(18)16-11-8(13)2-6(15)3-9(11)14/h2-4H,5H2,1H3,(H,16,18). The molecule has 2 rings (SSSR count). The van der Waals surface area contributed by atoms with Crippen LogP contribution in [0.5, 0.6) is 0 Å². The Morgan fingerprint density at radius 3 is 2.95 bits per heavy atom. The molecule has 8 heteroatoms. The van der Waals surface area contributed by atoms with E-state index in [2.05, 4.69) is 26.4 Å². The molecule has 0 saturated heterocycles. The summed E-state index contributed by atoms with van der Waals surface area (Å²) in [5, 5.41) is 6.21. The largest absolute Gasteiger partial charge is 0.377 e. The number of methoxy groups -OCH3 is 1. The second kappa shape index (κ2) is 6.34. The van der Waals surface area contributed by atoms with Crippen molar-refractivity contribution in [3.05, 3.63) is 45.0 Å². The number of hydrogen-bond donors (Lipinski definition) is 1. The zero-order chi connectivity index (χ0) is 14.7. The second-order valence-corrected chi connectivity index (χ2v) is 5.07. The normalized spacial score (nSPS) is 10.6. The number of anilines is 1. The molecule has 1 N–H and O–H groups in total. The van der Waals surface area contributed by atoms with Gasteiger partial charge in [0.05, 0.1) is 10.7 Å². The van der Waals surface area contributed by atoms with Crippen LogP contribution in [-0.2, 0) is 11.3 Å². The van der Waals surface area contributed by atoms with E-state index in [-0.39, 0.29) is 23.0 Å². The Kier molecular flexibility index (Phi) is 4.74. The molecule has 0 radical (unpaired) electrons. The van der Waals surface area contributed by atoms with Crippen LogP contribution in [0.3, 0.4) is 0 Å². The van der Waals surface area contributed by atoms with E-state index in [1.165, 1.54) is 19.2 Å². The lowest BCUT2D eigenvalue weighted by Crippen LogP contribution is -2.13. The third-order valence-electron chi connectivity index (χ3n) is 2.32. The predicted octanol–water partition coefficient (Wildman–Crippen LogP) is 3.63. The number of benzene rings is 1. The van der Waals surface area contributed by atoms with Crippen molar-refractivity contribution in [2.45, 2.75) is 6.61 Å². The highest BCUT2D eigenvalue weighted by atomic mass is 79.9. The van der Waals surface area contributed by atoms with E-state index in [9.17, 15) is 9.18 Å². The SMILES string of the molecule is COCc1cc(C(=O)Nc2c(Cl)cc(F)cc2Br)no1. The lowest BCUT2D eigenvalue weighted by molar-refractivity contribution is 0.101.